The first-order valence-corrected chi connectivity index (χ1v) is 9.62. The van der Waals surface area contributed by atoms with Crippen LogP contribution in [0.15, 0.2) is 41.1 Å². The van der Waals surface area contributed by atoms with Gasteiger partial charge in [0.2, 0.25) is 0 Å². The highest BCUT2D eigenvalue weighted by molar-refractivity contribution is 7.08. The van der Waals surface area contributed by atoms with Crippen LogP contribution in [0.4, 0.5) is 0 Å². The minimum Gasteiger partial charge on any atom is -0.339 e. The van der Waals surface area contributed by atoms with Crippen LogP contribution in [-0.2, 0) is 5.41 Å². The van der Waals surface area contributed by atoms with Crippen LogP contribution in [0.3, 0.4) is 0 Å². The molecule has 0 radical (unpaired) electrons. The van der Waals surface area contributed by atoms with Crippen molar-refractivity contribution in [2.24, 2.45) is 0 Å². The molecule has 0 saturated carbocycles. The maximum Gasteiger partial charge on any atom is 0.254 e. The number of amides is 1. The molecule has 1 saturated heterocycles. The molecule has 4 heteroatoms. The summed E-state index contributed by atoms with van der Waals surface area (Å²) in [6, 6.07) is 11.4. The number of fused-ring (bicyclic) bond motifs is 2. The quantitative estimate of drug-likeness (QED) is 0.827. The summed E-state index contributed by atoms with van der Waals surface area (Å²) in [5.41, 5.74) is 4.09. The summed E-state index contributed by atoms with van der Waals surface area (Å²) in [6.07, 6.45) is 3.33. The molecule has 1 amide bonds. The Morgan fingerprint density at radius 2 is 1.96 bits per heavy atom. The molecular weight excluding hydrogens is 316 g/mol. The van der Waals surface area contributed by atoms with Crippen molar-refractivity contribution in [3.05, 3.63) is 57.8 Å². The fourth-order valence-corrected chi connectivity index (χ4v) is 5.13. The Kier molecular flexibility index (Phi) is 3.97. The van der Waals surface area contributed by atoms with E-state index in [1.165, 1.54) is 17.5 Å². The number of hydrogen-bond donors (Lipinski definition) is 0. The minimum absolute atomic E-state index is 0.196. The van der Waals surface area contributed by atoms with Gasteiger partial charge in [-0.15, -0.1) is 0 Å². The third-order valence-electron chi connectivity index (χ3n) is 5.87. The summed E-state index contributed by atoms with van der Waals surface area (Å²) in [4.78, 5) is 17.0. The van der Waals surface area contributed by atoms with E-state index in [0.29, 0.717) is 6.04 Å². The fraction of sp³-hybridized carbons (Fsp3) is 0.450. The lowest BCUT2D eigenvalue weighted by atomic mass is 9.73. The van der Waals surface area contributed by atoms with E-state index in [2.05, 4.69) is 43.3 Å². The van der Waals surface area contributed by atoms with Crippen molar-refractivity contribution >= 4 is 17.2 Å². The number of hydrogen-bond acceptors (Lipinski definition) is 3. The number of benzene rings is 1. The number of carbonyl (C=O) groups excluding carboxylic acids is 1. The van der Waals surface area contributed by atoms with Crippen LogP contribution in [0.2, 0.25) is 0 Å². The highest BCUT2D eigenvalue weighted by Gasteiger charge is 2.46. The van der Waals surface area contributed by atoms with Crippen LogP contribution in [0.25, 0.3) is 0 Å². The lowest BCUT2D eigenvalue weighted by molar-refractivity contribution is 0.0653. The second kappa shape index (κ2) is 6.01. The lowest BCUT2D eigenvalue weighted by Crippen LogP contribution is -2.44. The molecule has 1 spiro atoms. The summed E-state index contributed by atoms with van der Waals surface area (Å²) in [5.74, 6) is 0.196. The molecule has 4 rings (SSSR count). The van der Waals surface area contributed by atoms with E-state index in [9.17, 15) is 4.79 Å². The van der Waals surface area contributed by atoms with E-state index in [4.69, 9.17) is 0 Å². The number of piperidine rings is 1. The van der Waals surface area contributed by atoms with Gasteiger partial charge in [0.25, 0.3) is 5.91 Å². The van der Waals surface area contributed by atoms with E-state index >= 15 is 0 Å². The van der Waals surface area contributed by atoms with E-state index in [1.807, 2.05) is 21.7 Å². The molecule has 1 atom stereocenters. The molecule has 1 aliphatic heterocycles. The first-order valence-electron chi connectivity index (χ1n) is 8.68. The van der Waals surface area contributed by atoms with Crippen molar-refractivity contribution < 1.29 is 4.79 Å². The molecule has 24 heavy (non-hydrogen) atoms. The van der Waals surface area contributed by atoms with Gasteiger partial charge in [-0.3, -0.25) is 4.79 Å². The van der Waals surface area contributed by atoms with Gasteiger partial charge in [0.1, 0.15) is 0 Å². The second-order valence-corrected chi connectivity index (χ2v) is 8.14. The Hall–Kier alpha value is -1.65. The van der Waals surface area contributed by atoms with E-state index < -0.39 is 0 Å². The van der Waals surface area contributed by atoms with Gasteiger partial charge in [0, 0.05) is 29.9 Å². The van der Waals surface area contributed by atoms with Gasteiger partial charge < -0.3 is 9.80 Å². The predicted octanol–water partition coefficient (Wildman–Crippen LogP) is 3.93. The topological polar surface area (TPSA) is 23.6 Å². The molecule has 1 aromatic carbocycles. The maximum atomic E-state index is 12.6. The molecule has 1 aliphatic carbocycles. The Morgan fingerprint density at radius 3 is 2.62 bits per heavy atom. The first kappa shape index (κ1) is 15.9. The Labute approximate surface area is 147 Å². The molecule has 3 nitrogen and oxygen atoms in total. The second-order valence-electron chi connectivity index (χ2n) is 7.36. The van der Waals surface area contributed by atoms with Crippen molar-refractivity contribution in [3.8, 4) is 0 Å². The number of nitrogens with zero attached hydrogens (tertiary/aromatic N) is 2. The molecule has 2 heterocycles. The smallest absolute Gasteiger partial charge is 0.254 e. The van der Waals surface area contributed by atoms with Crippen molar-refractivity contribution in [2.75, 3.05) is 27.2 Å². The van der Waals surface area contributed by atoms with Crippen molar-refractivity contribution in [2.45, 2.75) is 30.7 Å². The zero-order chi connectivity index (χ0) is 16.7. The van der Waals surface area contributed by atoms with Gasteiger partial charge in [-0.25, -0.2) is 0 Å². The zero-order valence-electron chi connectivity index (χ0n) is 14.4. The van der Waals surface area contributed by atoms with Gasteiger partial charge in [-0.2, -0.15) is 11.3 Å². The van der Waals surface area contributed by atoms with E-state index in [1.54, 1.807) is 11.3 Å². The first-order chi connectivity index (χ1) is 11.6. The monoisotopic (exact) mass is 340 g/mol. The van der Waals surface area contributed by atoms with Gasteiger partial charge in [-0.05, 0) is 55.9 Å². The molecule has 2 aromatic rings. The molecule has 1 aromatic heterocycles. The van der Waals surface area contributed by atoms with Crippen LogP contribution in [0.5, 0.6) is 0 Å². The highest BCUT2D eigenvalue weighted by Crippen LogP contribution is 2.52. The number of likely N-dealkylation sites (tertiary alicyclic amines) is 1. The van der Waals surface area contributed by atoms with Crippen LogP contribution in [-0.4, -0.2) is 42.9 Å². The maximum absolute atomic E-state index is 12.6. The molecule has 2 aliphatic rings. The Bertz CT molecular complexity index is 730. The van der Waals surface area contributed by atoms with Gasteiger partial charge >= 0.3 is 0 Å². The standard InChI is InChI=1S/C20H24N2OS/c1-21(2)18-13-20(17-6-4-3-5-16(17)18)8-10-22(11-9-20)19(23)15-7-12-24-14-15/h3-7,12,14,18H,8-11,13H2,1-2H3/t18-/m0/s1. The average Bonchev–Trinajstić information content (AvgIpc) is 3.23. The molecule has 0 N–H and O–H groups in total. The number of rotatable bonds is 2. The molecule has 126 valence electrons. The van der Waals surface area contributed by atoms with Crippen molar-refractivity contribution in [1.29, 1.82) is 0 Å². The highest BCUT2D eigenvalue weighted by atomic mass is 32.1. The van der Waals surface area contributed by atoms with Crippen LogP contribution < -0.4 is 0 Å². The Balaban J connectivity index is 1.56. The normalized spacial score (nSPS) is 22.1. The van der Waals surface area contributed by atoms with Crippen molar-refractivity contribution in [1.82, 2.24) is 9.80 Å². The summed E-state index contributed by atoms with van der Waals surface area (Å²) in [5, 5.41) is 3.94. The van der Waals surface area contributed by atoms with E-state index in [0.717, 1.165) is 31.5 Å². The number of thiophene rings is 1. The Morgan fingerprint density at radius 1 is 1.21 bits per heavy atom. The predicted molar refractivity (Wildman–Crippen MR) is 98.6 cm³/mol. The molecule has 0 unspecified atom stereocenters. The number of carbonyl (C=O) groups is 1. The summed E-state index contributed by atoms with van der Waals surface area (Å²) in [6.45, 7) is 1.73. The van der Waals surface area contributed by atoms with Gasteiger partial charge in [0.05, 0.1) is 5.56 Å². The largest absolute Gasteiger partial charge is 0.339 e. The zero-order valence-corrected chi connectivity index (χ0v) is 15.2. The summed E-state index contributed by atoms with van der Waals surface area (Å²) < 4.78 is 0. The lowest BCUT2D eigenvalue weighted by Gasteiger charge is -2.40. The summed E-state index contributed by atoms with van der Waals surface area (Å²) >= 11 is 1.59. The van der Waals surface area contributed by atoms with Crippen LogP contribution >= 0.6 is 11.3 Å². The SMILES string of the molecule is CN(C)[C@H]1CC2(CCN(C(=O)c3ccsc3)CC2)c2ccccc21. The van der Waals surface area contributed by atoms with Crippen molar-refractivity contribution in [3.63, 3.8) is 0 Å². The molecule has 1 fully saturated rings. The van der Waals surface area contributed by atoms with Gasteiger partial charge in [-0.1, -0.05) is 24.3 Å². The molecular formula is C20H24N2OS. The molecule has 0 bridgehead atoms. The minimum atomic E-state index is 0.196. The fourth-order valence-electron chi connectivity index (χ4n) is 4.50. The van der Waals surface area contributed by atoms with Crippen LogP contribution in [0.1, 0.15) is 46.8 Å². The van der Waals surface area contributed by atoms with Gasteiger partial charge in [0.15, 0.2) is 0 Å². The van der Waals surface area contributed by atoms with Crippen LogP contribution in [0, 0.1) is 0 Å². The third-order valence-corrected chi connectivity index (χ3v) is 6.56. The summed E-state index contributed by atoms with van der Waals surface area (Å²) in [7, 11) is 4.35. The third kappa shape index (κ3) is 2.49. The van der Waals surface area contributed by atoms with E-state index in [-0.39, 0.29) is 11.3 Å². The average molecular weight is 340 g/mol.